The maximum absolute atomic E-state index is 12.7. The van der Waals surface area contributed by atoms with Crippen LogP contribution in [0.4, 0.5) is 13.2 Å². The molecule has 0 fully saturated rings. The van der Waals surface area contributed by atoms with Crippen LogP contribution >= 0.6 is 0 Å². The van der Waals surface area contributed by atoms with Crippen LogP contribution in [0.1, 0.15) is 22.8 Å². The highest BCUT2D eigenvalue weighted by molar-refractivity contribution is 5.75. The molecule has 2 aromatic rings. The molecular weight excluding hydrogens is 297 g/mol. The van der Waals surface area contributed by atoms with Gasteiger partial charge < -0.3 is 9.84 Å². The SMILES string of the molecule is Cc1ccc(OC(C(=O)O)c2cccc(C(F)(F)F)c2)cc1. The average Bonchev–Trinajstić information content (AvgIpc) is 2.45. The summed E-state index contributed by atoms with van der Waals surface area (Å²) >= 11 is 0. The number of ether oxygens (including phenoxy) is 1. The Labute approximate surface area is 125 Å². The number of carbonyl (C=O) groups is 1. The number of benzene rings is 2. The maximum Gasteiger partial charge on any atom is 0.416 e. The van der Waals surface area contributed by atoms with Gasteiger partial charge in [-0.1, -0.05) is 29.8 Å². The monoisotopic (exact) mass is 310 g/mol. The second-order valence-electron chi connectivity index (χ2n) is 4.77. The molecule has 0 radical (unpaired) electrons. The van der Waals surface area contributed by atoms with E-state index in [0.29, 0.717) is 0 Å². The van der Waals surface area contributed by atoms with Crippen LogP contribution in [0.2, 0.25) is 0 Å². The summed E-state index contributed by atoms with van der Waals surface area (Å²) in [5.41, 5.74) is -0.0232. The zero-order chi connectivity index (χ0) is 16.3. The van der Waals surface area contributed by atoms with Gasteiger partial charge in [-0.3, -0.25) is 0 Å². The molecular formula is C16H13F3O3. The second-order valence-corrected chi connectivity index (χ2v) is 4.77. The van der Waals surface area contributed by atoms with Gasteiger partial charge in [-0.25, -0.2) is 4.79 Å². The summed E-state index contributed by atoms with van der Waals surface area (Å²) in [6.45, 7) is 1.85. The number of alkyl halides is 3. The number of carboxylic acid groups (broad SMARTS) is 1. The predicted molar refractivity (Wildman–Crippen MR) is 73.6 cm³/mol. The maximum atomic E-state index is 12.7. The van der Waals surface area contributed by atoms with Crippen LogP contribution in [-0.2, 0) is 11.0 Å². The third-order valence-electron chi connectivity index (χ3n) is 3.02. The molecule has 0 heterocycles. The van der Waals surface area contributed by atoms with Crippen molar-refractivity contribution in [3.63, 3.8) is 0 Å². The van der Waals surface area contributed by atoms with Gasteiger partial charge in [0.15, 0.2) is 0 Å². The Balaban J connectivity index is 2.32. The fourth-order valence-corrected chi connectivity index (χ4v) is 1.89. The quantitative estimate of drug-likeness (QED) is 0.919. The number of halogens is 3. The van der Waals surface area contributed by atoms with E-state index in [4.69, 9.17) is 4.74 Å². The van der Waals surface area contributed by atoms with E-state index < -0.39 is 23.8 Å². The summed E-state index contributed by atoms with van der Waals surface area (Å²) in [4.78, 5) is 11.3. The van der Waals surface area contributed by atoms with Crippen molar-refractivity contribution in [2.24, 2.45) is 0 Å². The van der Waals surface area contributed by atoms with Crippen molar-refractivity contribution < 1.29 is 27.8 Å². The first-order valence-corrected chi connectivity index (χ1v) is 6.40. The Kier molecular flexibility index (Phi) is 4.40. The van der Waals surface area contributed by atoms with Gasteiger partial charge >= 0.3 is 12.1 Å². The van der Waals surface area contributed by atoms with Crippen molar-refractivity contribution in [3.8, 4) is 5.75 Å². The highest BCUT2D eigenvalue weighted by Crippen LogP contribution is 2.32. The third-order valence-corrected chi connectivity index (χ3v) is 3.02. The molecule has 2 rings (SSSR count). The standard InChI is InChI=1S/C16H13F3O3/c1-10-5-7-13(8-6-10)22-14(15(20)21)11-3-2-4-12(9-11)16(17,18)19/h2-9,14H,1H3,(H,20,21). The Morgan fingerprint density at radius 3 is 2.32 bits per heavy atom. The first-order valence-electron chi connectivity index (χ1n) is 6.40. The van der Waals surface area contributed by atoms with Gasteiger partial charge in [0.1, 0.15) is 5.75 Å². The summed E-state index contributed by atoms with van der Waals surface area (Å²) in [6.07, 6.45) is -6.05. The normalized spacial score (nSPS) is 12.7. The van der Waals surface area contributed by atoms with Crippen LogP contribution in [-0.4, -0.2) is 11.1 Å². The Bertz CT molecular complexity index is 663. The van der Waals surface area contributed by atoms with Gasteiger partial charge in [0.2, 0.25) is 6.10 Å². The molecule has 0 bridgehead atoms. The molecule has 0 spiro atoms. The topological polar surface area (TPSA) is 46.5 Å². The summed E-state index contributed by atoms with van der Waals surface area (Å²) in [6, 6.07) is 10.7. The van der Waals surface area contributed by atoms with Crippen molar-refractivity contribution in [2.45, 2.75) is 19.2 Å². The molecule has 22 heavy (non-hydrogen) atoms. The lowest BCUT2D eigenvalue weighted by molar-refractivity contribution is -0.146. The Morgan fingerprint density at radius 2 is 1.77 bits per heavy atom. The molecule has 0 aromatic heterocycles. The number of hydrogen-bond donors (Lipinski definition) is 1. The second kappa shape index (κ2) is 6.09. The van der Waals surface area contributed by atoms with Crippen molar-refractivity contribution in [1.29, 1.82) is 0 Å². The van der Waals surface area contributed by atoms with Crippen LogP contribution in [0.3, 0.4) is 0 Å². The van der Waals surface area contributed by atoms with E-state index >= 15 is 0 Å². The molecule has 0 aliphatic rings. The molecule has 2 aromatic carbocycles. The predicted octanol–water partition coefficient (Wildman–Crippen LogP) is 4.22. The fourth-order valence-electron chi connectivity index (χ4n) is 1.89. The molecule has 1 unspecified atom stereocenters. The van der Waals surface area contributed by atoms with E-state index in [1.54, 1.807) is 24.3 Å². The van der Waals surface area contributed by atoms with Gasteiger partial charge in [0.25, 0.3) is 0 Å². The van der Waals surface area contributed by atoms with Crippen LogP contribution in [0.25, 0.3) is 0 Å². The minimum Gasteiger partial charge on any atom is -0.478 e. The van der Waals surface area contributed by atoms with Crippen molar-refractivity contribution >= 4 is 5.97 Å². The van der Waals surface area contributed by atoms with E-state index in [9.17, 15) is 23.1 Å². The van der Waals surface area contributed by atoms with Gasteiger partial charge in [-0.05, 0) is 31.2 Å². The van der Waals surface area contributed by atoms with E-state index in [1.807, 2.05) is 6.92 Å². The lowest BCUT2D eigenvalue weighted by Crippen LogP contribution is -2.19. The largest absolute Gasteiger partial charge is 0.478 e. The average molecular weight is 310 g/mol. The van der Waals surface area contributed by atoms with Crippen molar-refractivity contribution in [1.82, 2.24) is 0 Å². The number of aryl methyl sites for hydroxylation is 1. The Hall–Kier alpha value is -2.50. The number of aliphatic carboxylic acids is 1. The smallest absolute Gasteiger partial charge is 0.416 e. The summed E-state index contributed by atoms with van der Waals surface area (Å²) < 4.78 is 43.5. The van der Waals surface area contributed by atoms with Crippen LogP contribution < -0.4 is 4.74 Å². The zero-order valence-corrected chi connectivity index (χ0v) is 11.6. The molecule has 3 nitrogen and oxygen atoms in total. The third kappa shape index (κ3) is 3.78. The molecule has 1 atom stereocenters. The first-order chi connectivity index (χ1) is 10.3. The minimum absolute atomic E-state index is 0.0668. The summed E-state index contributed by atoms with van der Waals surface area (Å²) in [5.74, 6) is -1.09. The molecule has 0 saturated heterocycles. The molecule has 6 heteroatoms. The molecule has 1 N–H and O–H groups in total. The van der Waals surface area contributed by atoms with Gasteiger partial charge in [-0.2, -0.15) is 13.2 Å². The van der Waals surface area contributed by atoms with Crippen LogP contribution in [0.15, 0.2) is 48.5 Å². The number of carboxylic acids is 1. The molecule has 0 amide bonds. The first kappa shape index (κ1) is 15.9. The van der Waals surface area contributed by atoms with E-state index in [0.717, 1.165) is 23.8 Å². The zero-order valence-electron chi connectivity index (χ0n) is 11.6. The van der Waals surface area contributed by atoms with E-state index in [1.165, 1.54) is 6.07 Å². The molecule has 0 saturated carbocycles. The highest BCUT2D eigenvalue weighted by Gasteiger charge is 2.32. The highest BCUT2D eigenvalue weighted by atomic mass is 19.4. The summed E-state index contributed by atoms with van der Waals surface area (Å²) in [7, 11) is 0. The molecule has 0 aliphatic carbocycles. The fraction of sp³-hybridized carbons (Fsp3) is 0.188. The van der Waals surface area contributed by atoms with Crippen molar-refractivity contribution in [3.05, 3.63) is 65.2 Å². The lowest BCUT2D eigenvalue weighted by Gasteiger charge is -2.17. The van der Waals surface area contributed by atoms with Crippen LogP contribution in [0, 0.1) is 6.92 Å². The molecule has 0 aliphatic heterocycles. The summed E-state index contributed by atoms with van der Waals surface area (Å²) in [5, 5.41) is 9.23. The van der Waals surface area contributed by atoms with E-state index in [-0.39, 0.29) is 11.3 Å². The van der Waals surface area contributed by atoms with E-state index in [2.05, 4.69) is 0 Å². The minimum atomic E-state index is -4.54. The lowest BCUT2D eigenvalue weighted by atomic mass is 10.1. The molecule has 116 valence electrons. The van der Waals surface area contributed by atoms with Gasteiger partial charge in [0.05, 0.1) is 5.56 Å². The van der Waals surface area contributed by atoms with Crippen LogP contribution in [0.5, 0.6) is 5.75 Å². The van der Waals surface area contributed by atoms with Gasteiger partial charge in [-0.15, -0.1) is 0 Å². The van der Waals surface area contributed by atoms with Crippen molar-refractivity contribution in [2.75, 3.05) is 0 Å². The number of hydrogen-bond acceptors (Lipinski definition) is 2. The number of rotatable bonds is 4. The van der Waals surface area contributed by atoms with Gasteiger partial charge in [0, 0.05) is 5.56 Å². The Morgan fingerprint density at radius 1 is 1.14 bits per heavy atom.